The number of pyridine rings is 1. The lowest BCUT2D eigenvalue weighted by molar-refractivity contribution is 0.0950. The lowest BCUT2D eigenvalue weighted by Crippen LogP contribution is -2.27. The van der Waals surface area contributed by atoms with Crippen LogP contribution in [0.2, 0.25) is 0 Å². The van der Waals surface area contributed by atoms with Crippen LogP contribution in [0.4, 0.5) is 11.4 Å². The second-order valence-corrected chi connectivity index (χ2v) is 7.85. The van der Waals surface area contributed by atoms with E-state index in [1.165, 1.54) is 11.3 Å². The predicted molar refractivity (Wildman–Crippen MR) is 116 cm³/mol. The van der Waals surface area contributed by atoms with Crippen LogP contribution in [0.5, 0.6) is 0 Å². The van der Waals surface area contributed by atoms with Gasteiger partial charge in [-0.15, -0.1) is 11.3 Å². The second kappa shape index (κ2) is 8.87. The zero-order chi connectivity index (χ0) is 20.1. The summed E-state index contributed by atoms with van der Waals surface area (Å²) in [7, 11) is 0. The van der Waals surface area contributed by atoms with Gasteiger partial charge in [0.25, 0.3) is 11.8 Å². The van der Waals surface area contributed by atoms with E-state index < -0.39 is 0 Å². The molecule has 148 valence electrons. The summed E-state index contributed by atoms with van der Waals surface area (Å²) in [4.78, 5) is 32.3. The van der Waals surface area contributed by atoms with E-state index in [0.717, 1.165) is 37.2 Å². The van der Waals surface area contributed by atoms with Gasteiger partial charge in [-0.2, -0.15) is 0 Å². The standard InChI is InChI=1S/C22H22N4O2S/c27-21(24-15-16-5-3-9-23-14-16)18-13-17(25-22(28)20-6-4-12-29-20)7-8-19(18)26-10-1-2-11-26/h3-9,12-14H,1-2,10-11,15H2,(H,24,27)(H,25,28). The number of nitrogens with zero attached hydrogens (tertiary/aromatic N) is 2. The molecule has 2 aromatic heterocycles. The van der Waals surface area contributed by atoms with E-state index in [9.17, 15) is 9.59 Å². The molecule has 1 aromatic carbocycles. The first-order valence-corrected chi connectivity index (χ1v) is 10.5. The third-order valence-corrected chi connectivity index (χ3v) is 5.74. The highest BCUT2D eigenvalue weighted by atomic mass is 32.1. The lowest BCUT2D eigenvalue weighted by atomic mass is 10.1. The summed E-state index contributed by atoms with van der Waals surface area (Å²) in [5.41, 5.74) is 3.02. The molecule has 1 aliphatic rings. The van der Waals surface area contributed by atoms with Crippen LogP contribution < -0.4 is 15.5 Å². The van der Waals surface area contributed by atoms with Crippen LogP contribution in [0.3, 0.4) is 0 Å². The summed E-state index contributed by atoms with van der Waals surface area (Å²) in [6.07, 6.45) is 5.68. The van der Waals surface area contributed by atoms with E-state index in [0.29, 0.717) is 22.7 Å². The first-order valence-electron chi connectivity index (χ1n) is 9.62. The number of benzene rings is 1. The Morgan fingerprint density at radius 2 is 1.93 bits per heavy atom. The first-order chi connectivity index (χ1) is 14.2. The zero-order valence-electron chi connectivity index (χ0n) is 15.9. The van der Waals surface area contributed by atoms with Crippen LogP contribution in [0.15, 0.2) is 60.2 Å². The molecule has 0 bridgehead atoms. The topological polar surface area (TPSA) is 74.3 Å². The number of rotatable bonds is 6. The molecule has 0 unspecified atom stereocenters. The molecule has 2 N–H and O–H groups in total. The minimum Gasteiger partial charge on any atom is -0.371 e. The number of hydrogen-bond donors (Lipinski definition) is 2. The average molecular weight is 407 g/mol. The Balaban J connectivity index is 1.56. The van der Waals surface area contributed by atoms with E-state index in [1.54, 1.807) is 24.5 Å². The number of aromatic nitrogens is 1. The molecule has 1 aliphatic heterocycles. The molecule has 3 heterocycles. The molecule has 7 heteroatoms. The molecule has 4 rings (SSSR count). The highest BCUT2D eigenvalue weighted by Crippen LogP contribution is 2.28. The fraction of sp³-hybridized carbons (Fsp3) is 0.227. The number of amides is 2. The van der Waals surface area contributed by atoms with Gasteiger partial charge in [0.15, 0.2) is 0 Å². The minimum atomic E-state index is -0.171. The van der Waals surface area contributed by atoms with Crippen molar-refractivity contribution in [3.8, 4) is 0 Å². The van der Waals surface area contributed by atoms with Gasteiger partial charge in [0, 0.05) is 43.4 Å². The highest BCUT2D eigenvalue weighted by Gasteiger charge is 2.20. The van der Waals surface area contributed by atoms with Crippen molar-refractivity contribution >= 4 is 34.5 Å². The van der Waals surface area contributed by atoms with Gasteiger partial charge >= 0.3 is 0 Å². The first kappa shape index (κ1) is 19.1. The van der Waals surface area contributed by atoms with E-state index in [-0.39, 0.29) is 11.8 Å². The Morgan fingerprint density at radius 3 is 2.66 bits per heavy atom. The van der Waals surface area contributed by atoms with Gasteiger partial charge in [0.1, 0.15) is 0 Å². The van der Waals surface area contributed by atoms with Crippen molar-refractivity contribution in [3.63, 3.8) is 0 Å². The number of hydrogen-bond acceptors (Lipinski definition) is 5. The number of nitrogens with one attached hydrogen (secondary N) is 2. The quantitative estimate of drug-likeness (QED) is 0.651. The maximum absolute atomic E-state index is 13.0. The number of anilines is 2. The van der Waals surface area contributed by atoms with Crippen molar-refractivity contribution in [2.75, 3.05) is 23.3 Å². The third-order valence-electron chi connectivity index (χ3n) is 4.87. The summed E-state index contributed by atoms with van der Waals surface area (Å²) >= 11 is 1.38. The molecule has 1 fully saturated rings. The Morgan fingerprint density at radius 1 is 1.07 bits per heavy atom. The van der Waals surface area contributed by atoms with Crippen molar-refractivity contribution in [2.45, 2.75) is 19.4 Å². The molecular weight excluding hydrogens is 384 g/mol. The van der Waals surface area contributed by atoms with Gasteiger partial charge in [-0.25, -0.2) is 0 Å². The lowest BCUT2D eigenvalue weighted by Gasteiger charge is -2.22. The van der Waals surface area contributed by atoms with Crippen molar-refractivity contribution < 1.29 is 9.59 Å². The van der Waals surface area contributed by atoms with Gasteiger partial charge in [-0.05, 0) is 54.1 Å². The van der Waals surface area contributed by atoms with Gasteiger partial charge in [0.05, 0.1) is 10.4 Å². The molecule has 0 spiro atoms. The summed E-state index contributed by atoms with van der Waals surface area (Å²) in [5, 5.41) is 7.73. The van der Waals surface area contributed by atoms with Gasteiger partial charge in [-0.1, -0.05) is 12.1 Å². The van der Waals surface area contributed by atoms with Crippen LogP contribution in [-0.4, -0.2) is 29.9 Å². The largest absolute Gasteiger partial charge is 0.371 e. The smallest absolute Gasteiger partial charge is 0.265 e. The van der Waals surface area contributed by atoms with Gasteiger partial charge in [0.2, 0.25) is 0 Å². The average Bonchev–Trinajstić information content (AvgIpc) is 3.47. The summed E-state index contributed by atoms with van der Waals surface area (Å²) in [5.74, 6) is -0.335. The van der Waals surface area contributed by atoms with E-state index in [1.807, 2.05) is 35.7 Å². The molecule has 29 heavy (non-hydrogen) atoms. The second-order valence-electron chi connectivity index (χ2n) is 6.90. The van der Waals surface area contributed by atoms with E-state index in [2.05, 4.69) is 20.5 Å². The number of thiophene rings is 1. The SMILES string of the molecule is O=C(Nc1ccc(N2CCCC2)c(C(=O)NCc2cccnc2)c1)c1cccs1. The van der Waals surface area contributed by atoms with E-state index in [4.69, 9.17) is 0 Å². The molecule has 0 radical (unpaired) electrons. The monoisotopic (exact) mass is 406 g/mol. The Labute approximate surface area is 173 Å². The number of carbonyl (C=O) groups is 2. The Hall–Kier alpha value is -3.19. The Kier molecular flexibility index (Phi) is 5.86. The minimum absolute atomic E-state index is 0.164. The van der Waals surface area contributed by atoms with Crippen LogP contribution in [0.1, 0.15) is 38.4 Å². The summed E-state index contributed by atoms with van der Waals surface area (Å²) < 4.78 is 0. The van der Waals surface area contributed by atoms with Crippen molar-refractivity contribution in [2.24, 2.45) is 0 Å². The summed E-state index contributed by atoms with van der Waals surface area (Å²) in [6.45, 7) is 2.27. The van der Waals surface area contributed by atoms with Crippen LogP contribution in [0, 0.1) is 0 Å². The molecule has 0 aliphatic carbocycles. The predicted octanol–water partition coefficient (Wildman–Crippen LogP) is 3.93. The molecule has 1 saturated heterocycles. The zero-order valence-corrected chi connectivity index (χ0v) is 16.7. The third kappa shape index (κ3) is 4.63. The molecule has 0 saturated carbocycles. The van der Waals surface area contributed by atoms with Crippen molar-refractivity contribution in [1.82, 2.24) is 10.3 Å². The van der Waals surface area contributed by atoms with Gasteiger partial charge in [-0.3, -0.25) is 14.6 Å². The van der Waals surface area contributed by atoms with Crippen LogP contribution in [0.25, 0.3) is 0 Å². The van der Waals surface area contributed by atoms with Crippen molar-refractivity contribution in [3.05, 3.63) is 76.2 Å². The maximum atomic E-state index is 13.0. The van der Waals surface area contributed by atoms with Crippen molar-refractivity contribution in [1.29, 1.82) is 0 Å². The maximum Gasteiger partial charge on any atom is 0.265 e. The summed E-state index contributed by atoms with van der Waals surface area (Å²) in [6, 6.07) is 12.9. The fourth-order valence-corrected chi connectivity index (χ4v) is 4.03. The molecule has 0 atom stereocenters. The fourth-order valence-electron chi connectivity index (χ4n) is 3.41. The normalized spacial score (nSPS) is 13.3. The number of carbonyl (C=O) groups excluding carboxylic acids is 2. The highest BCUT2D eigenvalue weighted by molar-refractivity contribution is 7.12. The molecule has 2 amide bonds. The van der Waals surface area contributed by atoms with Crippen LogP contribution >= 0.6 is 11.3 Å². The Bertz CT molecular complexity index is 983. The van der Waals surface area contributed by atoms with E-state index >= 15 is 0 Å². The molecular formula is C22H22N4O2S. The molecule has 6 nitrogen and oxygen atoms in total. The van der Waals surface area contributed by atoms with Gasteiger partial charge < -0.3 is 15.5 Å². The molecule has 3 aromatic rings. The van der Waals surface area contributed by atoms with Crippen LogP contribution in [-0.2, 0) is 6.54 Å².